The van der Waals surface area contributed by atoms with Gasteiger partial charge in [-0.1, -0.05) is 20.8 Å². The van der Waals surface area contributed by atoms with Gasteiger partial charge in [0.2, 0.25) is 0 Å². The van der Waals surface area contributed by atoms with Crippen molar-refractivity contribution in [2.75, 3.05) is 39.3 Å². The van der Waals surface area contributed by atoms with E-state index in [0.717, 1.165) is 5.69 Å². The molecule has 0 aromatic heterocycles. The zero-order valence-corrected chi connectivity index (χ0v) is 36.3. The van der Waals surface area contributed by atoms with E-state index in [9.17, 15) is 14.9 Å². The van der Waals surface area contributed by atoms with Crippen LogP contribution in [0.15, 0.2) is 150 Å². The number of non-ortho nitro benzene ring substituents is 1. The molecule has 2 N–H and O–H groups in total. The van der Waals surface area contributed by atoms with Crippen molar-refractivity contribution in [2.24, 2.45) is 57.5 Å². The van der Waals surface area contributed by atoms with Gasteiger partial charge >= 0.3 is 5.97 Å². The van der Waals surface area contributed by atoms with Crippen molar-refractivity contribution in [1.29, 1.82) is 0 Å². The molecule has 1 atom stereocenters. The highest BCUT2D eigenvalue weighted by atomic mass is 16.6. The largest absolute Gasteiger partial charge is 0.494 e. The number of nitrogens with zero attached hydrogens (tertiary/aromatic N) is 10. The van der Waals surface area contributed by atoms with Gasteiger partial charge in [-0.25, -0.2) is 0 Å². The summed E-state index contributed by atoms with van der Waals surface area (Å²) in [5, 5.41) is 45.3. The monoisotopic (exact) mass is 841 g/mol. The maximum Gasteiger partial charge on any atom is 0.314 e. The molecule has 5 rings (SSSR count). The number of likely N-dealkylation sites (N-methyl/N-ethyl adjacent to an activating group) is 1. The molecule has 0 aliphatic heterocycles. The van der Waals surface area contributed by atoms with E-state index in [1.54, 1.807) is 60.7 Å². The average Bonchev–Trinajstić information content (AvgIpc) is 3.25. The molecule has 0 bridgehead atoms. The minimum atomic E-state index is -0.885. The summed E-state index contributed by atoms with van der Waals surface area (Å²) in [6.45, 7) is 12.3. The minimum absolute atomic E-state index is 0.0137. The lowest BCUT2D eigenvalue weighted by Gasteiger charge is -2.48. The number of benzene rings is 5. The number of nitrogens with two attached hydrogens (primary N) is 1. The van der Waals surface area contributed by atoms with Gasteiger partial charge in [-0.3, -0.25) is 14.9 Å². The van der Waals surface area contributed by atoms with E-state index in [2.05, 4.69) is 40.9 Å². The van der Waals surface area contributed by atoms with Crippen LogP contribution in [-0.2, 0) is 9.53 Å². The molecular weight excluding hydrogens is 791 g/mol. The number of esters is 1. The molecule has 0 saturated carbocycles. The number of hydrogen-bond donors (Lipinski definition) is 1. The Hall–Kier alpha value is -7.27. The number of hydrogen-bond acceptors (Lipinski definition) is 16. The standard InChI is InChI=1S/C45H51N11O6/c1-43(2,3)45(6,44(4,5)46)42(57)62-27-26-55(7)36-22-18-35(19-23-36)52-54-39-29-40(60-8)38(28-41(39)61-9)53-51-33-16-14-32(15-17-33)48-47-30-10-12-31(13-11-30)49-50-34-20-24-37(25-21-34)56(58)59/h10-25,28-29H,26-27,46H2,1-9H3/b48-47+,50-49+,53-51+,54-52+. The third-order valence-electron chi connectivity index (χ3n) is 10.5. The SMILES string of the molecule is COc1cc(/N=N/c2ccc(N(C)CCOC(=O)C(C)(C(C)(C)C)C(C)(C)N)cc2)c(OC)cc1/N=N/c1ccc(/N=N/c2ccc(/N=N/c3ccc([N+](=O)[O-])cc3)cc2)cc1. The molecule has 5 aromatic rings. The van der Waals surface area contributed by atoms with Gasteiger partial charge in [-0.2, -0.15) is 30.7 Å². The van der Waals surface area contributed by atoms with E-state index >= 15 is 0 Å². The second-order valence-corrected chi connectivity index (χ2v) is 16.0. The van der Waals surface area contributed by atoms with Gasteiger partial charge in [0.05, 0.1) is 65.2 Å². The van der Waals surface area contributed by atoms with E-state index in [1.165, 1.54) is 38.5 Å². The van der Waals surface area contributed by atoms with Crippen molar-refractivity contribution in [2.45, 2.75) is 47.1 Å². The normalized spacial score (nSPS) is 13.2. The predicted molar refractivity (Wildman–Crippen MR) is 239 cm³/mol. The van der Waals surface area contributed by atoms with Gasteiger partial charge in [0.15, 0.2) is 0 Å². The Labute approximate surface area is 360 Å². The van der Waals surface area contributed by atoms with E-state index in [0.29, 0.717) is 63.5 Å². The van der Waals surface area contributed by atoms with Crippen molar-refractivity contribution < 1.29 is 23.9 Å². The summed E-state index contributed by atoms with van der Waals surface area (Å²) < 4.78 is 16.9. The van der Waals surface area contributed by atoms with Crippen LogP contribution in [0.4, 0.5) is 56.9 Å². The lowest BCUT2D eigenvalue weighted by Crippen LogP contribution is -2.60. The molecule has 0 fully saturated rings. The maximum absolute atomic E-state index is 13.2. The summed E-state index contributed by atoms with van der Waals surface area (Å²) in [6, 6.07) is 30.7. The van der Waals surface area contributed by atoms with Crippen LogP contribution in [0.5, 0.6) is 11.5 Å². The molecule has 0 spiro atoms. The Balaban J connectivity index is 1.16. The van der Waals surface area contributed by atoms with E-state index in [1.807, 2.05) is 77.8 Å². The zero-order chi connectivity index (χ0) is 45.1. The molecule has 0 saturated heterocycles. The fourth-order valence-electron chi connectivity index (χ4n) is 6.15. The van der Waals surface area contributed by atoms with Crippen LogP contribution in [0.3, 0.4) is 0 Å². The molecule has 5 aromatic carbocycles. The number of nitro groups is 1. The van der Waals surface area contributed by atoms with Gasteiger partial charge in [0.1, 0.15) is 29.5 Å². The zero-order valence-electron chi connectivity index (χ0n) is 36.3. The molecule has 1 unspecified atom stereocenters. The smallest absolute Gasteiger partial charge is 0.314 e. The van der Waals surface area contributed by atoms with E-state index in [-0.39, 0.29) is 18.3 Å². The summed E-state index contributed by atoms with van der Waals surface area (Å²) >= 11 is 0. The lowest BCUT2D eigenvalue weighted by atomic mass is 9.58. The fourth-order valence-corrected chi connectivity index (χ4v) is 6.15. The highest BCUT2D eigenvalue weighted by Gasteiger charge is 2.54. The quantitative estimate of drug-likeness (QED) is 0.0410. The van der Waals surface area contributed by atoms with Crippen molar-refractivity contribution in [1.82, 2.24) is 0 Å². The van der Waals surface area contributed by atoms with Gasteiger partial charge < -0.3 is 24.8 Å². The van der Waals surface area contributed by atoms with Gasteiger partial charge in [-0.15, -0.1) is 10.2 Å². The average molecular weight is 842 g/mol. The molecule has 0 aliphatic carbocycles. The molecular formula is C45H51N11O6. The fraction of sp³-hybridized carbons (Fsp3) is 0.311. The topological polar surface area (TPSA) is 216 Å². The second-order valence-electron chi connectivity index (χ2n) is 16.0. The molecule has 17 nitrogen and oxygen atoms in total. The number of rotatable bonds is 17. The number of ether oxygens (including phenoxy) is 3. The first kappa shape index (κ1) is 45.8. The highest BCUT2D eigenvalue weighted by Crippen LogP contribution is 2.46. The first-order chi connectivity index (χ1) is 29.4. The van der Waals surface area contributed by atoms with Gasteiger partial charge in [-0.05, 0) is 111 Å². The van der Waals surface area contributed by atoms with Crippen molar-refractivity contribution in [3.8, 4) is 11.5 Å². The van der Waals surface area contributed by atoms with E-state index in [4.69, 9.17) is 19.9 Å². The third-order valence-corrected chi connectivity index (χ3v) is 10.5. The van der Waals surface area contributed by atoms with Crippen molar-refractivity contribution >= 4 is 62.8 Å². The second kappa shape index (κ2) is 19.9. The molecule has 322 valence electrons. The summed E-state index contributed by atoms with van der Waals surface area (Å²) in [7, 11) is 4.98. The van der Waals surface area contributed by atoms with Crippen LogP contribution in [0.2, 0.25) is 0 Å². The summed E-state index contributed by atoms with van der Waals surface area (Å²) in [5.41, 5.74) is 9.65. The summed E-state index contributed by atoms with van der Waals surface area (Å²) in [5.74, 6) is 0.527. The van der Waals surface area contributed by atoms with Crippen LogP contribution < -0.4 is 20.1 Å². The summed E-state index contributed by atoms with van der Waals surface area (Å²) in [4.78, 5) is 25.6. The Morgan fingerprint density at radius 3 is 1.27 bits per heavy atom. The molecule has 0 heterocycles. The molecule has 17 heteroatoms. The number of anilines is 1. The van der Waals surface area contributed by atoms with Crippen LogP contribution >= 0.6 is 0 Å². The number of carbonyl (C=O) groups is 1. The Morgan fingerprint density at radius 2 is 0.952 bits per heavy atom. The molecule has 0 radical (unpaired) electrons. The Kier molecular flexibility index (Phi) is 14.7. The molecule has 62 heavy (non-hydrogen) atoms. The summed E-state index contributed by atoms with van der Waals surface area (Å²) in [6.07, 6.45) is 0. The van der Waals surface area contributed by atoms with Crippen molar-refractivity contribution in [3.63, 3.8) is 0 Å². The predicted octanol–water partition coefficient (Wildman–Crippen LogP) is 13.0. The Morgan fingerprint density at radius 1 is 0.613 bits per heavy atom. The number of azo groups is 4. The maximum atomic E-state index is 13.2. The van der Waals surface area contributed by atoms with E-state index < -0.39 is 21.3 Å². The van der Waals surface area contributed by atoms with Gasteiger partial charge in [0.25, 0.3) is 5.69 Å². The molecule has 0 aliphatic rings. The van der Waals surface area contributed by atoms with Crippen LogP contribution in [0, 0.1) is 20.9 Å². The lowest BCUT2D eigenvalue weighted by molar-refractivity contribution is -0.384. The van der Waals surface area contributed by atoms with Crippen molar-refractivity contribution in [3.05, 3.63) is 119 Å². The Bertz CT molecular complexity index is 2420. The first-order valence-corrected chi connectivity index (χ1v) is 19.6. The van der Waals surface area contributed by atoms with Gasteiger partial charge in [0, 0.05) is 42.5 Å². The number of methoxy groups -OCH3 is 2. The third kappa shape index (κ3) is 11.5. The van der Waals surface area contributed by atoms with Crippen LogP contribution in [-0.4, -0.2) is 50.9 Å². The highest BCUT2D eigenvalue weighted by molar-refractivity contribution is 5.79. The molecule has 0 amide bonds. The minimum Gasteiger partial charge on any atom is -0.494 e. The van der Waals surface area contributed by atoms with Crippen LogP contribution in [0.1, 0.15) is 41.5 Å². The number of carbonyl (C=O) groups excluding carboxylic acids is 1. The first-order valence-electron chi connectivity index (χ1n) is 19.6. The number of nitro benzene ring substituents is 1. The van der Waals surface area contributed by atoms with Crippen LogP contribution in [0.25, 0.3) is 0 Å².